The number of hydrogen-bond donors (Lipinski definition) is 6. The first-order valence-corrected chi connectivity index (χ1v) is 18.0. The topological polar surface area (TPSA) is 228 Å². The third-order valence-electron chi connectivity index (χ3n) is 13.7. The predicted molar refractivity (Wildman–Crippen MR) is 168 cm³/mol. The summed E-state index contributed by atoms with van der Waals surface area (Å²) in [4.78, 5) is 37.9. The second kappa shape index (κ2) is 14.6. The van der Waals surface area contributed by atoms with Crippen molar-refractivity contribution in [2.45, 2.75) is 139 Å². The maximum absolute atomic E-state index is 13.7. The molecule has 0 radical (unpaired) electrons. The molecule has 0 unspecified atom stereocenters. The number of carbonyl (C=O) groups excluding carboxylic acids is 3. The van der Waals surface area contributed by atoms with Crippen LogP contribution in [0.15, 0.2) is 0 Å². The van der Waals surface area contributed by atoms with Gasteiger partial charge in [-0.2, -0.15) is 0 Å². The van der Waals surface area contributed by atoms with E-state index in [1.165, 1.54) is 0 Å². The van der Waals surface area contributed by atoms with E-state index in [2.05, 4.69) is 18.6 Å². The smallest absolute Gasteiger partial charge is 0.337 e. The molecule has 2 saturated heterocycles. The Hall–Kier alpha value is -1.79. The van der Waals surface area contributed by atoms with E-state index in [0.29, 0.717) is 30.1 Å². The minimum absolute atomic E-state index is 0.0572. The van der Waals surface area contributed by atoms with E-state index in [9.17, 15) is 45.0 Å². The Bertz CT molecular complexity index is 1260. The Morgan fingerprint density at radius 2 is 1.22 bits per heavy atom. The summed E-state index contributed by atoms with van der Waals surface area (Å²) in [5, 5.41) is 62.1. The largest absolute Gasteiger partial charge is 0.467 e. The molecule has 15 heteroatoms. The van der Waals surface area contributed by atoms with E-state index in [-0.39, 0.29) is 35.2 Å². The van der Waals surface area contributed by atoms with Crippen LogP contribution in [0.4, 0.5) is 0 Å². The summed E-state index contributed by atoms with van der Waals surface area (Å²) >= 11 is 0. The first-order valence-electron chi connectivity index (χ1n) is 18.0. The van der Waals surface area contributed by atoms with Gasteiger partial charge < -0.3 is 59.1 Å². The number of esters is 2. The molecule has 2 heterocycles. The first-order chi connectivity index (χ1) is 23.7. The van der Waals surface area contributed by atoms with E-state index >= 15 is 0 Å². The third kappa shape index (κ3) is 6.43. The lowest BCUT2D eigenvalue weighted by Crippen LogP contribution is -2.61. The molecule has 0 aromatic rings. The highest BCUT2D eigenvalue weighted by Crippen LogP contribution is 2.67. The molecule has 50 heavy (non-hydrogen) atoms. The average molecular weight is 715 g/mol. The molecule has 18 atom stereocenters. The first kappa shape index (κ1) is 38.0. The van der Waals surface area contributed by atoms with Gasteiger partial charge in [0.15, 0.2) is 30.6 Å². The van der Waals surface area contributed by atoms with Crippen LogP contribution in [0, 0.1) is 40.4 Å². The fourth-order valence-electron chi connectivity index (χ4n) is 10.9. The molecule has 6 N–H and O–H groups in total. The lowest BCUT2D eigenvalue weighted by molar-refractivity contribution is -0.310. The van der Waals surface area contributed by atoms with Gasteiger partial charge in [-0.3, -0.25) is 4.79 Å². The SMILES string of the molecule is COC(=O)[C@H]1O[C@H](OCC(=O)[C@@H]2CC[C@H]3[C@@H]4CC[C@@H]5C[C@H](O[C@@H]6O[C@@H](C(=O)OC)[C@@H](O)[C@H](O)[C@H]6O)CC[C@@]5(C)[C@H]4CC[C@]23C)[C@@H](O)[C@H](O)[C@H]1O. The quantitative estimate of drug-likeness (QED) is 0.139. The lowest BCUT2D eigenvalue weighted by Gasteiger charge is -2.61. The minimum atomic E-state index is -1.72. The van der Waals surface area contributed by atoms with Gasteiger partial charge in [-0.1, -0.05) is 13.8 Å². The van der Waals surface area contributed by atoms with Crippen LogP contribution in [0.25, 0.3) is 0 Å². The second-order valence-electron chi connectivity index (χ2n) is 16.0. The number of hydrogen-bond acceptors (Lipinski definition) is 15. The van der Waals surface area contributed by atoms with Crippen molar-refractivity contribution in [1.29, 1.82) is 0 Å². The van der Waals surface area contributed by atoms with E-state index in [1.807, 2.05) is 0 Å². The summed E-state index contributed by atoms with van der Waals surface area (Å²) in [6, 6.07) is 0. The van der Waals surface area contributed by atoms with Crippen LogP contribution in [0.1, 0.15) is 71.6 Å². The molecule has 0 spiro atoms. The number of ketones is 1. The summed E-state index contributed by atoms with van der Waals surface area (Å²) < 4.78 is 32.2. The molecule has 284 valence electrons. The molecule has 0 aromatic carbocycles. The zero-order chi connectivity index (χ0) is 36.3. The molecule has 4 aliphatic carbocycles. The Balaban J connectivity index is 1.06. The van der Waals surface area contributed by atoms with Gasteiger partial charge in [-0.15, -0.1) is 0 Å². The van der Waals surface area contributed by atoms with Crippen LogP contribution in [0.2, 0.25) is 0 Å². The number of aliphatic hydroxyl groups excluding tert-OH is 6. The van der Waals surface area contributed by atoms with Crippen molar-refractivity contribution in [3.05, 3.63) is 0 Å². The molecule has 0 amide bonds. The highest BCUT2D eigenvalue weighted by atomic mass is 16.7. The fraction of sp³-hybridized carbons (Fsp3) is 0.914. The number of carbonyl (C=O) groups is 3. The number of rotatable bonds is 8. The van der Waals surface area contributed by atoms with Gasteiger partial charge in [0.1, 0.15) is 43.2 Å². The van der Waals surface area contributed by atoms with Crippen molar-refractivity contribution in [1.82, 2.24) is 0 Å². The zero-order valence-electron chi connectivity index (χ0n) is 29.2. The van der Waals surface area contributed by atoms with Crippen molar-refractivity contribution < 1.29 is 73.4 Å². The molecule has 0 aromatic heterocycles. The van der Waals surface area contributed by atoms with Crippen molar-refractivity contribution in [2.75, 3.05) is 20.8 Å². The monoisotopic (exact) mass is 714 g/mol. The molecule has 0 bridgehead atoms. The van der Waals surface area contributed by atoms with E-state index < -0.39 is 73.4 Å². The molecule has 15 nitrogen and oxygen atoms in total. The van der Waals surface area contributed by atoms with Crippen LogP contribution < -0.4 is 0 Å². The molecule has 4 saturated carbocycles. The van der Waals surface area contributed by atoms with Gasteiger partial charge in [0.05, 0.1) is 20.3 Å². The average Bonchev–Trinajstić information content (AvgIpc) is 3.47. The number of methoxy groups -OCH3 is 2. The number of aliphatic hydroxyl groups is 6. The van der Waals surface area contributed by atoms with Gasteiger partial charge >= 0.3 is 11.9 Å². The summed E-state index contributed by atoms with van der Waals surface area (Å²) in [5.41, 5.74) is -0.168. The maximum Gasteiger partial charge on any atom is 0.337 e. The Morgan fingerprint density at radius 3 is 1.84 bits per heavy atom. The van der Waals surface area contributed by atoms with Crippen molar-refractivity contribution >= 4 is 17.7 Å². The normalized spacial score (nSPS) is 50.4. The van der Waals surface area contributed by atoms with Crippen LogP contribution in [-0.2, 0) is 42.8 Å². The zero-order valence-corrected chi connectivity index (χ0v) is 29.2. The van der Waals surface area contributed by atoms with E-state index in [0.717, 1.165) is 65.6 Å². The Morgan fingerprint density at radius 1 is 0.660 bits per heavy atom. The molecular formula is C35H54O15. The van der Waals surface area contributed by atoms with Crippen LogP contribution in [0.5, 0.6) is 0 Å². The van der Waals surface area contributed by atoms with Crippen LogP contribution >= 0.6 is 0 Å². The molecular weight excluding hydrogens is 660 g/mol. The van der Waals surface area contributed by atoms with Gasteiger partial charge in [-0.25, -0.2) is 9.59 Å². The standard InChI is InChI=1S/C35H54O15/c1-34-11-9-16(48-33-27(42)23(38)25(40)29(50-33)31(44)46-4)13-15(34)5-6-17-18-7-8-20(35(18,2)12-10-19(17)34)21(36)14-47-32-26(41)22(37)24(39)28(49-32)30(43)45-3/h15-20,22-29,32-33,37-42H,5-14H2,1-4H3/t15-,16-,17+,18+,19+,20+,22-,23+,24-,25+,26+,27-,28+,29-,32+,33-,34-,35+/m1/s1. The summed E-state index contributed by atoms with van der Waals surface area (Å²) in [6.45, 7) is 4.22. The Kier molecular flexibility index (Phi) is 11.1. The van der Waals surface area contributed by atoms with E-state index in [1.54, 1.807) is 0 Å². The molecule has 6 fully saturated rings. The third-order valence-corrected chi connectivity index (χ3v) is 13.7. The van der Waals surface area contributed by atoms with E-state index in [4.69, 9.17) is 23.7 Å². The van der Waals surface area contributed by atoms with Gasteiger partial charge in [0.25, 0.3) is 0 Å². The summed E-state index contributed by atoms with van der Waals surface area (Å²) in [5.74, 6) is -0.515. The van der Waals surface area contributed by atoms with Crippen LogP contribution in [-0.4, -0.2) is 137 Å². The predicted octanol–water partition coefficient (Wildman–Crippen LogP) is -0.423. The number of Topliss-reactive ketones (excluding diaryl/α,β-unsaturated/α-hetero) is 1. The van der Waals surface area contributed by atoms with Gasteiger partial charge in [-0.05, 0) is 92.3 Å². The maximum atomic E-state index is 13.7. The summed E-state index contributed by atoms with van der Waals surface area (Å²) in [7, 11) is 2.26. The van der Waals surface area contributed by atoms with Gasteiger partial charge in [0.2, 0.25) is 0 Å². The highest BCUT2D eigenvalue weighted by molar-refractivity contribution is 5.83. The number of ether oxygens (including phenoxy) is 6. The highest BCUT2D eigenvalue weighted by Gasteiger charge is 2.62. The lowest BCUT2D eigenvalue weighted by atomic mass is 9.44. The van der Waals surface area contributed by atoms with Gasteiger partial charge in [0, 0.05) is 5.92 Å². The number of fused-ring (bicyclic) bond motifs is 5. The molecule has 2 aliphatic heterocycles. The van der Waals surface area contributed by atoms with Crippen molar-refractivity contribution in [2.24, 2.45) is 40.4 Å². The second-order valence-corrected chi connectivity index (χ2v) is 16.0. The molecule has 6 rings (SSSR count). The van der Waals surface area contributed by atoms with Crippen molar-refractivity contribution in [3.63, 3.8) is 0 Å². The minimum Gasteiger partial charge on any atom is -0.467 e. The fourth-order valence-corrected chi connectivity index (χ4v) is 10.9. The Labute approximate surface area is 291 Å². The summed E-state index contributed by atoms with van der Waals surface area (Å²) in [6.07, 6.45) is -8.08. The molecule has 6 aliphatic rings. The van der Waals surface area contributed by atoms with Crippen LogP contribution in [0.3, 0.4) is 0 Å². The van der Waals surface area contributed by atoms with Crippen molar-refractivity contribution in [3.8, 4) is 0 Å².